The molecule has 0 amide bonds. The summed E-state index contributed by atoms with van der Waals surface area (Å²) < 4.78 is 0. The number of allylic oxidation sites excluding steroid dienone is 2. The van der Waals surface area contributed by atoms with Gasteiger partial charge in [-0.3, -0.25) is 0 Å². The van der Waals surface area contributed by atoms with E-state index in [2.05, 4.69) is 87.7 Å². The lowest BCUT2D eigenvalue weighted by Gasteiger charge is -2.25. The smallest absolute Gasteiger partial charge is 0.0576 e. The monoisotopic (exact) mass is 341 g/mol. The minimum atomic E-state index is 0.500. The van der Waals surface area contributed by atoms with E-state index in [1.807, 2.05) is 0 Å². The van der Waals surface area contributed by atoms with Crippen LogP contribution >= 0.6 is 0 Å². The Bertz CT molecular complexity index is 598. The molecule has 3 heteroatoms. The average molecular weight is 342 g/mol. The second-order valence-corrected chi connectivity index (χ2v) is 7.79. The number of hydrogen-bond acceptors (Lipinski definition) is 3. The van der Waals surface area contributed by atoms with Gasteiger partial charge in [0.2, 0.25) is 0 Å². The van der Waals surface area contributed by atoms with Gasteiger partial charge in [-0.1, -0.05) is 58.0 Å². The maximum atomic E-state index is 3.79. The summed E-state index contributed by atoms with van der Waals surface area (Å²) in [4.78, 5) is 2.21. The van der Waals surface area contributed by atoms with E-state index in [-0.39, 0.29) is 0 Å². The molecule has 2 rings (SSSR count). The molecule has 0 radical (unpaired) electrons. The molecule has 0 aromatic heterocycles. The zero-order chi connectivity index (χ0) is 18.4. The molecule has 0 atom stereocenters. The van der Waals surface area contributed by atoms with E-state index in [4.69, 9.17) is 0 Å². The van der Waals surface area contributed by atoms with Gasteiger partial charge in [-0.2, -0.15) is 0 Å². The molecule has 0 unspecified atom stereocenters. The molecule has 25 heavy (non-hydrogen) atoms. The van der Waals surface area contributed by atoms with Crippen molar-refractivity contribution in [2.45, 2.75) is 52.4 Å². The number of rotatable bonds is 8. The highest BCUT2D eigenvalue weighted by atomic mass is 15.1. The zero-order valence-electron chi connectivity index (χ0n) is 16.8. The summed E-state index contributed by atoms with van der Waals surface area (Å²) in [6.45, 7) is 11.1. The van der Waals surface area contributed by atoms with Crippen molar-refractivity contribution < 1.29 is 0 Å². The molecule has 1 aliphatic carbocycles. The Morgan fingerprint density at radius 2 is 1.48 bits per heavy atom. The topological polar surface area (TPSA) is 27.3 Å². The molecule has 3 nitrogen and oxygen atoms in total. The molecule has 0 bridgehead atoms. The first kappa shape index (κ1) is 19.6. The summed E-state index contributed by atoms with van der Waals surface area (Å²) in [6, 6.07) is 6.70. The molecular formula is C22H35N3. The van der Waals surface area contributed by atoms with Crippen LogP contribution < -0.4 is 10.6 Å². The van der Waals surface area contributed by atoms with Crippen molar-refractivity contribution in [3.8, 4) is 0 Å². The molecular weight excluding hydrogens is 306 g/mol. The number of benzene rings is 1. The molecule has 0 saturated carbocycles. The van der Waals surface area contributed by atoms with E-state index in [1.54, 1.807) is 0 Å². The van der Waals surface area contributed by atoms with Gasteiger partial charge in [-0.05, 0) is 49.9 Å². The number of nitrogens with zero attached hydrogens (tertiary/aromatic N) is 1. The quantitative estimate of drug-likeness (QED) is 0.692. The van der Waals surface area contributed by atoms with E-state index in [0.29, 0.717) is 11.8 Å². The van der Waals surface area contributed by atoms with Crippen LogP contribution in [0.25, 0.3) is 0 Å². The molecule has 138 valence electrons. The Labute approximate surface area is 154 Å². The highest BCUT2D eigenvalue weighted by Crippen LogP contribution is 2.34. The summed E-state index contributed by atoms with van der Waals surface area (Å²) in [5.74, 6) is 0.999. The second-order valence-electron chi connectivity index (χ2n) is 7.79. The summed E-state index contributed by atoms with van der Waals surface area (Å²) in [7, 11) is 4.22. The molecule has 1 aromatic rings. The van der Waals surface area contributed by atoms with Gasteiger partial charge in [-0.15, -0.1) is 0 Å². The van der Waals surface area contributed by atoms with Gasteiger partial charge in [-0.25, -0.2) is 0 Å². The Kier molecular flexibility index (Phi) is 7.12. The van der Waals surface area contributed by atoms with E-state index in [9.17, 15) is 0 Å². The van der Waals surface area contributed by atoms with E-state index < -0.39 is 0 Å². The first-order valence-corrected chi connectivity index (χ1v) is 9.59. The third kappa shape index (κ3) is 5.37. The standard InChI is InChI=1S/C22H35N3/c1-16(2)18-10-9-11-19(17(3)4)22(18)24-21-13-8-7-12-20(21)23-14-15-25(5)6/h9-13,16-17,23-24H,7-8,14-15H2,1-6H3. The van der Waals surface area contributed by atoms with Crippen LogP contribution in [0.5, 0.6) is 0 Å². The summed E-state index contributed by atoms with van der Waals surface area (Å²) in [5.41, 5.74) is 6.54. The summed E-state index contributed by atoms with van der Waals surface area (Å²) in [5, 5.41) is 7.40. The van der Waals surface area contributed by atoms with Crippen LogP contribution in [0.1, 0.15) is 63.5 Å². The van der Waals surface area contributed by atoms with Crippen LogP contribution in [-0.4, -0.2) is 32.1 Å². The third-order valence-electron chi connectivity index (χ3n) is 4.66. The minimum Gasteiger partial charge on any atom is -0.382 e. The first-order valence-electron chi connectivity index (χ1n) is 9.59. The predicted molar refractivity (Wildman–Crippen MR) is 110 cm³/mol. The van der Waals surface area contributed by atoms with Gasteiger partial charge >= 0.3 is 0 Å². The zero-order valence-corrected chi connectivity index (χ0v) is 16.8. The fourth-order valence-corrected chi connectivity index (χ4v) is 3.21. The Morgan fingerprint density at radius 3 is 2.00 bits per heavy atom. The fraction of sp³-hybridized carbons (Fsp3) is 0.545. The lowest BCUT2D eigenvalue weighted by molar-refractivity contribution is 0.408. The lowest BCUT2D eigenvalue weighted by atomic mass is 9.92. The molecule has 0 saturated heterocycles. The van der Waals surface area contributed by atoms with Crippen molar-refractivity contribution in [1.29, 1.82) is 0 Å². The van der Waals surface area contributed by atoms with Crippen LogP contribution in [0.15, 0.2) is 41.7 Å². The largest absolute Gasteiger partial charge is 0.382 e. The summed E-state index contributed by atoms with van der Waals surface area (Å²) >= 11 is 0. The van der Waals surface area contributed by atoms with Crippen molar-refractivity contribution in [3.05, 3.63) is 52.9 Å². The van der Waals surface area contributed by atoms with Crippen molar-refractivity contribution in [2.75, 3.05) is 32.5 Å². The normalized spacial score (nSPS) is 14.8. The Balaban J connectivity index is 2.25. The Morgan fingerprint density at radius 1 is 0.920 bits per heavy atom. The van der Waals surface area contributed by atoms with Gasteiger partial charge in [0.05, 0.1) is 11.4 Å². The van der Waals surface area contributed by atoms with Crippen LogP contribution in [0, 0.1) is 0 Å². The summed E-state index contributed by atoms with van der Waals surface area (Å²) in [6.07, 6.45) is 6.87. The van der Waals surface area contributed by atoms with E-state index in [0.717, 1.165) is 25.9 Å². The van der Waals surface area contributed by atoms with Crippen LogP contribution in [0.4, 0.5) is 5.69 Å². The first-order chi connectivity index (χ1) is 11.9. The second kappa shape index (κ2) is 9.10. The third-order valence-corrected chi connectivity index (χ3v) is 4.66. The maximum absolute atomic E-state index is 3.79. The average Bonchev–Trinajstić information content (AvgIpc) is 2.55. The number of nitrogens with one attached hydrogen (secondary N) is 2. The van der Waals surface area contributed by atoms with Crippen molar-refractivity contribution in [1.82, 2.24) is 10.2 Å². The maximum Gasteiger partial charge on any atom is 0.0576 e. The van der Waals surface area contributed by atoms with E-state index in [1.165, 1.54) is 28.2 Å². The number of anilines is 1. The van der Waals surface area contributed by atoms with Gasteiger partial charge in [0.1, 0.15) is 0 Å². The lowest BCUT2D eigenvalue weighted by Crippen LogP contribution is -2.28. The fourth-order valence-electron chi connectivity index (χ4n) is 3.21. The van der Waals surface area contributed by atoms with Crippen molar-refractivity contribution in [2.24, 2.45) is 0 Å². The molecule has 1 aliphatic rings. The molecule has 0 spiro atoms. The predicted octanol–water partition coefficient (Wildman–Crippen LogP) is 5.06. The minimum absolute atomic E-state index is 0.500. The van der Waals surface area contributed by atoms with Crippen LogP contribution in [-0.2, 0) is 0 Å². The van der Waals surface area contributed by atoms with Gasteiger partial charge in [0, 0.05) is 18.8 Å². The molecule has 0 aliphatic heterocycles. The van der Waals surface area contributed by atoms with E-state index >= 15 is 0 Å². The van der Waals surface area contributed by atoms with Crippen LogP contribution in [0.3, 0.4) is 0 Å². The van der Waals surface area contributed by atoms with Gasteiger partial charge in [0.15, 0.2) is 0 Å². The van der Waals surface area contributed by atoms with Crippen molar-refractivity contribution >= 4 is 5.69 Å². The number of para-hydroxylation sites is 1. The molecule has 1 aromatic carbocycles. The highest BCUT2D eigenvalue weighted by molar-refractivity contribution is 5.65. The number of hydrogen-bond donors (Lipinski definition) is 2. The van der Waals surface area contributed by atoms with Gasteiger partial charge < -0.3 is 15.5 Å². The van der Waals surface area contributed by atoms with Gasteiger partial charge in [0.25, 0.3) is 0 Å². The molecule has 0 fully saturated rings. The number of likely N-dealkylation sites (N-methyl/N-ethyl adjacent to an activating group) is 1. The molecule has 0 heterocycles. The Hall–Kier alpha value is -1.74. The van der Waals surface area contributed by atoms with Crippen LogP contribution in [0.2, 0.25) is 0 Å². The highest BCUT2D eigenvalue weighted by Gasteiger charge is 2.17. The molecule has 2 N–H and O–H groups in total. The SMILES string of the molecule is CC(C)c1cccc(C(C)C)c1NC1=CCCC=C1NCCN(C)C. The van der Waals surface area contributed by atoms with Crippen molar-refractivity contribution in [3.63, 3.8) is 0 Å².